The number of rotatable bonds is 5. The van der Waals surface area contributed by atoms with E-state index >= 15 is 0 Å². The quantitative estimate of drug-likeness (QED) is 0.518. The minimum atomic E-state index is -0.947. The van der Waals surface area contributed by atoms with Crippen molar-refractivity contribution in [2.75, 3.05) is 6.61 Å². The van der Waals surface area contributed by atoms with Gasteiger partial charge in [-0.1, -0.05) is 48.5 Å². The van der Waals surface area contributed by atoms with Crippen molar-refractivity contribution < 1.29 is 23.7 Å². The van der Waals surface area contributed by atoms with E-state index in [4.69, 9.17) is 31.2 Å². The van der Waals surface area contributed by atoms with E-state index in [-0.39, 0.29) is 11.8 Å². The maximum absolute atomic E-state index is 13.3. The van der Waals surface area contributed by atoms with Gasteiger partial charge >= 0.3 is 11.3 Å². The number of benzene rings is 2. The molecule has 0 aliphatic carbocycles. The highest BCUT2D eigenvalue weighted by molar-refractivity contribution is 7.79. The summed E-state index contributed by atoms with van der Waals surface area (Å²) in [5.41, 5.74) is -1.44. The minimum absolute atomic E-state index is 0.0199. The molecule has 33 heavy (non-hydrogen) atoms. The van der Waals surface area contributed by atoms with E-state index in [0.717, 1.165) is 5.56 Å². The molecule has 1 amide bonds. The highest BCUT2D eigenvalue weighted by Gasteiger charge is 2.54. The van der Waals surface area contributed by atoms with E-state index in [1.807, 2.05) is 90.1 Å². The van der Waals surface area contributed by atoms with Gasteiger partial charge < -0.3 is 18.9 Å². The molecule has 0 N–H and O–H groups in total. The van der Waals surface area contributed by atoms with Crippen LogP contribution in [0.25, 0.3) is 0 Å². The number of nitrogens with zero attached hydrogens (tertiary/aromatic N) is 1. The number of para-hydroxylation sites is 1. The summed E-state index contributed by atoms with van der Waals surface area (Å²) < 4.78 is 23.8. The second-order valence-corrected chi connectivity index (χ2v) is 10.2. The number of carbonyl (C=O) groups excluding carboxylic acids is 1. The fraction of sp³-hybridized carbons (Fsp3) is 0.462. The first-order valence-corrected chi connectivity index (χ1v) is 11.5. The summed E-state index contributed by atoms with van der Waals surface area (Å²) in [5, 5.41) is -0.0199. The molecule has 178 valence electrons. The van der Waals surface area contributed by atoms with Gasteiger partial charge in [0.2, 0.25) is 0 Å². The lowest BCUT2D eigenvalue weighted by Crippen LogP contribution is -2.59. The third-order valence-corrected chi connectivity index (χ3v) is 5.61. The van der Waals surface area contributed by atoms with E-state index in [0.29, 0.717) is 12.2 Å². The zero-order chi connectivity index (χ0) is 24.3. The molecule has 0 saturated carbocycles. The number of ether oxygens (including phenoxy) is 4. The third-order valence-electron chi connectivity index (χ3n) is 5.44. The lowest BCUT2D eigenvalue weighted by Gasteiger charge is -2.42. The van der Waals surface area contributed by atoms with Crippen molar-refractivity contribution in [2.24, 2.45) is 0 Å². The maximum Gasteiger partial charge on any atom is 0.413 e. The zero-order valence-corrected chi connectivity index (χ0v) is 21.0. The molecule has 2 unspecified atom stereocenters. The van der Waals surface area contributed by atoms with Gasteiger partial charge in [0.25, 0.3) is 0 Å². The van der Waals surface area contributed by atoms with Crippen LogP contribution in [-0.4, -0.2) is 45.8 Å². The molecule has 1 fully saturated rings. The van der Waals surface area contributed by atoms with Crippen LogP contribution in [0.3, 0.4) is 0 Å². The van der Waals surface area contributed by atoms with Crippen molar-refractivity contribution in [1.82, 2.24) is 4.90 Å². The summed E-state index contributed by atoms with van der Waals surface area (Å²) in [6.45, 7) is 11.4. The van der Waals surface area contributed by atoms with Crippen LogP contribution in [0.4, 0.5) is 4.79 Å². The fourth-order valence-electron chi connectivity index (χ4n) is 3.93. The van der Waals surface area contributed by atoms with E-state index in [9.17, 15) is 4.79 Å². The number of hydrogen-bond acceptors (Lipinski definition) is 6. The van der Waals surface area contributed by atoms with E-state index in [1.165, 1.54) is 0 Å². The van der Waals surface area contributed by atoms with Gasteiger partial charge in [-0.15, -0.1) is 0 Å². The molecule has 2 atom stereocenters. The monoisotopic (exact) mass is 471 g/mol. The Morgan fingerprint density at radius 2 is 1.61 bits per heavy atom. The molecular formula is C26H33NO5S. The van der Waals surface area contributed by atoms with Crippen molar-refractivity contribution >= 4 is 23.5 Å². The van der Waals surface area contributed by atoms with Gasteiger partial charge in [-0.05, 0) is 59.2 Å². The second kappa shape index (κ2) is 9.69. The Bertz CT molecular complexity index is 958. The molecular weight excluding hydrogens is 438 g/mol. The summed E-state index contributed by atoms with van der Waals surface area (Å²) in [4.78, 5) is 14.9. The van der Waals surface area contributed by atoms with Crippen LogP contribution in [0.2, 0.25) is 0 Å². The topological polar surface area (TPSA) is 57.2 Å². The summed E-state index contributed by atoms with van der Waals surface area (Å²) in [7, 11) is 0. The smallest absolute Gasteiger partial charge is 0.413 e. The molecule has 0 aromatic heterocycles. The van der Waals surface area contributed by atoms with Crippen LogP contribution in [0.5, 0.6) is 5.75 Å². The van der Waals surface area contributed by atoms with Gasteiger partial charge in [0.05, 0.1) is 6.61 Å². The average Bonchev–Trinajstić information content (AvgIpc) is 3.04. The van der Waals surface area contributed by atoms with E-state index in [2.05, 4.69) is 0 Å². The van der Waals surface area contributed by atoms with Gasteiger partial charge in [0, 0.05) is 18.6 Å². The molecule has 1 aliphatic rings. The zero-order valence-electron chi connectivity index (χ0n) is 20.2. The van der Waals surface area contributed by atoms with Crippen LogP contribution >= 0.6 is 12.2 Å². The maximum atomic E-state index is 13.3. The number of hydrogen-bond donors (Lipinski definition) is 0. The number of thiocarbonyl (C=S) groups is 1. The normalized spacial score (nSPS) is 19.5. The second-order valence-electron chi connectivity index (χ2n) is 9.87. The highest BCUT2D eigenvalue weighted by Crippen LogP contribution is 2.38. The summed E-state index contributed by atoms with van der Waals surface area (Å²) >= 11 is 5.47. The van der Waals surface area contributed by atoms with Crippen molar-refractivity contribution in [1.29, 1.82) is 0 Å². The lowest BCUT2D eigenvalue weighted by molar-refractivity contribution is -0.0778. The first-order chi connectivity index (χ1) is 15.4. The molecule has 0 bridgehead atoms. The SMILES string of the molecule is CC(C)(C)OC(=O)N1C(C(C)(Cc2ccccc2)OC(=S)Oc2ccccc2)COC1(C)C. The average molecular weight is 472 g/mol. The van der Waals surface area contributed by atoms with Crippen molar-refractivity contribution in [2.45, 2.75) is 70.9 Å². The Morgan fingerprint density at radius 1 is 1.03 bits per heavy atom. The van der Waals surface area contributed by atoms with Gasteiger partial charge in [0.1, 0.15) is 28.7 Å². The van der Waals surface area contributed by atoms with Crippen LogP contribution < -0.4 is 4.74 Å². The Balaban J connectivity index is 1.93. The molecule has 0 radical (unpaired) electrons. The Morgan fingerprint density at radius 3 is 2.18 bits per heavy atom. The molecule has 2 aromatic rings. The van der Waals surface area contributed by atoms with Gasteiger partial charge in [-0.3, -0.25) is 4.90 Å². The van der Waals surface area contributed by atoms with E-state index in [1.54, 1.807) is 17.0 Å². The van der Waals surface area contributed by atoms with Crippen LogP contribution in [-0.2, 0) is 20.6 Å². The Hall–Kier alpha value is -2.64. The fourth-order valence-corrected chi connectivity index (χ4v) is 4.22. The van der Waals surface area contributed by atoms with Gasteiger partial charge in [-0.2, -0.15) is 0 Å². The molecule has 6 nitrogen and oxygen atoms in total. The number of carbonyl (C=O) groups is 1. The Labute approximate surface area is 201 Å². The lowest BCUT2D eigenvalue weighted by atomic mass is 9.88. The molecule has 2 aromatic carbocycles. The molecule has 1 heterocycles. The first kappa shape index (κ1) is 25.0. The largest absolute Gasteiger partial charge is 0.448 e. The third kappa shape index (κ3) is 6.45. The molecule has 7 heteroatoms. The summed E-state index contributed by atoms with van der Waals surface area (Å²) in [5.74, 6) is 0.580. The van der Waals surface area contributed by atoms with Crippen LogP contribution in [0.1, 0.15) is 47.1 Å². The van der Waals surface area contributed by atoms with Gasteiger partial charge in [0.15, 0.2) is 0 Å². The molecule has 1 aliphatic heterocycles. The standard InChI is InChI=1S/C26H33NO5S/c1-24(2,3)31-22(28)27-21(18-29-25(27,4)5)26(6,17-19-13-9-7-10-14-19)32-23(33)30-20-15-11-8-12-16-20/h7-16,21H,17-18H2,1-6H3. The van der Waals surface area contributed by atoms with Crippen molar-refractivity contribution in [3.05, 3.63) is 66.2 Å². The predicted molar refractivity (Wildman–Crippen MR) is 131 cm³/mol. The van der Waals surface area contributed by atoms with Crippen LogP contribution in [0, 0.1) is 0 Å². The van der Waals surface area contributed by atoms with Crippen molar-refractivity contribution in [3.63, 3.8) is 0 Å². The van der Waals surface area contributed by atoms with E-state index < -0.39 is 29.1 Å². The molecule has 1 saturated heterocycles. The van der Waals surface area contributed by atoms with Crippen LogP contribution in [0.15, 0.2) is 60.7 Å². The van der Waals surface area contributed by atoms with Gasteiger partial charge in [-0.25, -0.2) is 4.79 Å². The Kier molecular flexibility index (Phi) is 7.34. The minimum Gasteiger partial charge on any atom is -0.448 e. The molecule has 3 rings (SSSR count). The summed E-state index contributed by atoms with van der Waals surface area (Å²) in [6, 6.07) is 18.7. The number of amides is 1. The molecule has 0 spiro atoms. The predicted octanol–water partition coefficient (Wildman–Crippen LogP) is 5.74. The highest BCUT2D eigenvalue weighted by atomic mass is 32.1. The van der Waals surface area contributed by atoms with Crippen molar-refractivity contribution in [3.8, 4) is 5.75 Å². The summed E-state index contributed by atoms with van der Waals surface area (Å²) in [6.07, 6.45) is 0.0167. The first-order valence-electron chi connectivity index (χ1n) is 11.1.